The Bertz CT molecular complexity index is 612. The first-order chi connectivity index (χ1) is 12.2. The second-order valence-corrected chi connectivity index (χ2v) is 6.44. The van der Waals surface area contributed by atoms with Gasteiger partial charge in [0, 0.05) is 5.69 Å². The summed E-state index contributed by atoms with van der Waals surface area (Å²) in [5, 5.41) is 41.3. The second-order valence-electron chi connectivity index (χ2n) is 6.44. The maximum Gasteiger partial charge on any atom is 0.232 e. The van der Waals surface area contributed by atoms with Crippen LogP contribution in [-0.2, 0) is 9.53 Å². The van der Waals surface area contributed by atoms with Crippen molar-refractivity contribution in [2.45, 2.75) is 50.0 Å². The topological polar surface area (TPSA) is 168 Å². The Morgan fingerprint density at radius 2 is 1.96 bits per heavy atom. The monoisotopic (exact) mass is 370 g/mol. The summed E-state index contributed by atoms with van der Waals surface area (Å²) in [6.07, 6.45) is -5.59. The lowest BCUT2D eigenvalue weighted by Crippen LogP contribution is -2.72. The summed E-state index contributed by atoms with van der Waals surface area (Å²) in [7, 11) is 0. The van der Waals surface area contributed by atoms with Gasteiger partial charge in [0.25, 0.3) is 0 Å². The van der Waals surface area contributed by atoms with Gasteiger partial charge in [-0.3, -0.25) is 4.79 Å². The summed E-state index contributed by atoms with van der Waals surface area (Å²) in [4.78, 5) is 11.9. The molecular weight excluding hydrogens is 344 g/mol. The Morgan fingerprint density at radius 3 is 2.46 bits per heavy atom. The van der Waals surface area contributed by atoms with E-state index in [1.807, 2.05) is 0 Å². The third-order valence-electron chi connectivity index (χ3n) is 4.64. The van der Waals surface area contributed by atoms with Crippen LogP contribution in [-0.4, -0.2) is 63.1 Å². The van der Waals surface area contributed by atoms with Gasteiger partial charge < -0.3 is 41.4 Å². The molecule has 0 saturated carbocycles. The highest BCUT2D eigenvalue weighted by molar-refractivity contribution is 5.78. The van der Waals surface area contributed by atoms with Crippen LogP contribution in [0.15, 0.2) is 24.3 Å². The van der Waals surface area contributed by atoms with Gasteiger partial charge in [0.1, 0.15) is 24.1 Å². The molecule has 1 heterocycles. The molecule has 9 nitrogen and oxygen atoms in total. The molecule has 9 heteroatoms. The van der Waals surface area contributed by atoms with Gasteiger partial charge >= 0.3 is 0 Å². The van der Waals surface area contributed by atoms with Crippen molar-refractivity contribution >= 4 is 11.6 Å². The van der Waals surface area contributed by atoms with Crippen molar-refractivity contribution in [3.05, 3.63) is 24.3 Å². The van der Waals surface area contributed by atoms with Gasteiger partial charge in [0.15, 0.2) is 5.60 Å². The summed E-state index contributed by atoms with van der Waals surface area (Å²) in [6.45, 7) is 1.16. The molecule has 0 bridgehead atoms. The fraction of sp³-hybridized carbons (Fsp3) is 0.588. The molecule has 0 aromatic heterocycles. The predicted molar refractivity (Wildman–Crippen MR) is 91.8 cm³/mol. The minimum Gasteiger partial charge on any atom is -0.462 e. The van der Waals surface area contributed by atoms with E-state index >= 15 is 0 Å². The van der Waals surface area contributed by atoms with Gasteiger partial charge in [-0.25, -0.2) is 0 Å². The molecule has 6 atom stereocenters. The number of amides is 1. The maximum absolute atomic E-state index is 11.9. The first-order valence-electron chi connectivity index (χ1n) is 8.42. The standard InChI is InChI=1S/C17H26N2O7/c1-2-3-11(15(19)23)17(24)14(22)13(21)12(8-20)26-16(17)25-10-6-4-9(18)5-7-10/h4-7,11-14,16,20-22,24H,2-3,8,18H2,1H3,(H2,19,23)/t11?,12-,13+,14+,16+,17-/m1/s1. The molecule has 8 N–H and O–H groups in total. The van der Waals surface area contributed by atoms with E-state index in [0.29, 0.717) is 12.1 Å². The number of carbonyl (C=O) groups excluding carboxylic acids is 1. The maximum atomic E-state index is 11.9. The van der Waals surface area contributed by atoms with Crippen LogP contribution in [0.5, 0.6) is 5.75 Å². The predicted octanol–water partition coefficient (Wildman–Crippen LogP) is -1.28. The number of carbonyl (C=O) groups is 1. The van der Waals surface area contributed by atoms with Crippen molar-refractivity contribution < 1.29 is 34.7 Å². The number of hydrogen-bond donors (Lipinski definition) is 6. The van der Waals surface area contributed by atoms with Gasteiger partial charge in [-0.15, -0.1) is 0 Å². The minimum atomic E-state index is -2.31. The number of hydrogen-bond acceptors (Lipinski definition) is 8. The number of aliphatic hydroxyl groups excluding tert-OH is 3. The summed E-state index contributed by atoms with van der Waals surface area (Å²) < 4.78 is 11.1. The summed E-state index contributed by atoms with van der Waals surface area (Å²) in [5.74, 6) is -1.85. The highest BCUT2D eigenvalue weighted by Crippen LogP contribution is 2.39. The smallest absolute Gasteiger partial charge is 0.232 e. The first-order valence-corrected chi connectivity index (χ1v) is 8.42. The zero-order valence-corrected chi connectivity index (χ0v) is 14.5. The number of nitrogen functional groups attached to an aromatic ring is 1. The van der Waals surface area contributed by atoms with E-state index in [4.69, 9.17) is 20.9 Å². The number of benzene rings is 1. The third-order valence-corrected chi connectivity index (χ3v) is 4.64. The third kappa shape index (κ3) is 3.76. The SMILES string of the molecule is CCCC(C(N)=O)[C@]1(O)[C@@H](Oc2ccc(N)cc2)O[C@H](CO)[C@H](O)[C@@H]1O. The van der Waals surface area contributed by atoms with Crippen molar-refractivity contribution in [1.29, 1.82) is 0 Å². The normalized spacial score (nSPS) is 32.8. The number of anilines is 1. The van der Waals surface area contributed by atoms with Crippen LogP contribution >= 0.6 is 0 Å². The van der Waals surface area contributed by atoms with Crippen molar-refractivity contribution in [3.63, 3.8) is 0 Å². The van der Waals surface area contributed by atoms with Gasteiger partial charge in [-0.1, -0.05) is 13.3 Å². The number of ether oxygens (including phenoxy) is 2. The van der Waals surface area contributed by atoms with Gasteiger partial charge in [0.05, 0.1) is 12.5 Å². The van der Waals surface area contributed by atoms with E-state index in [-0.39, 0.29) is 12.2 Å². The Hall–Kier alpha value is -1.91. The van der Waals surface area contributed by atoms with Crippen LogP contribution in [0, 0.1) is 5.92 Å². The van der Waals surface area contributed by atoms with E-state index in [1.54, 1.807) is 19.1 Å². The zero-order valence-electron chi connectivity index (χ0n) is 14.5. The number of nitrogens with two attached hydrogens (primary N) is 2. The molecule has 0 radical (unpaired) electrons. The zero-order chi connectivity index (χ0) is 19.5. The molecule has 1 aromatic carbocycles. The Labute approximate surface area is 151 Å². The van der Waals surface area contributed by atoms with Crippen molar-refractivity contribution in [3.8, 4) is 5.75 Å². The van der Waals surface area contributed by atoms with E-state index in [1.165, 1.54) is 12.1 Å². The summed E-state index contributed by atoms with van der Waals surface area (Å²) in [5.41, 5.74) is 9.22. The van der Waals surface area contributed by atoms with Gasteiger partial charge in [0.2, 0.25) is 12.2 Å². The van der Waals surface area contributed by atoms with Crippen LogP contribution in [0.25, 0.3) is 0 Å². The Kier molecular flexibility index (Phi) is 6.43. The minimum absolute atomic E-state index is 0.143. The van der Waals surface area contributed by atoms with Gasteiger partial charge in [-0.2, -0.15) is 0 Å². The van der Waals surface area contributed by atoms with Crippen LogP contribution in [0.3, 0.4) is 0 Å². The average Bonchev–Trinajstić information content (AvgIpc) is 2.61. The molecule has 2 rings (SSSR count). The fourth-order valence-corrected chi connectivity index (χ4v) is 3.17. The van der Waals surface area contributed by atoms with E-state index < -0.39 is 48.6 Å². The largest absolute Gasteiger partial charge is 0.462 e. The lowest BCUT2D eigenvalue weighted by molar-refractivity contribution is -0.332. The van der Waals surface area contributed by atoms with E-state index in [9.17, 15) is 25.2 Å². The Morgan fingerprint density at radius 1 is 1.35 bits per heavy atom. The number of rotatable bonds is 7. The van der Waals surface area contributed by atoms with Crippen LogP contribution in [0.2, 0.25) is 0 Å². The van der Waals surface area contributed by atoms with Gasteiger partial charge in [-0.05, 0) is 30.7 Å². The first kappa shape index (κ1) is 20.4. The molecule has 1 aliphatic heterocycles. The molecular formula is C17H26N2O7. The molecule has 1 aliphatic rings. The van der Waals surface area contributed by atoms with E-state index in [2.05, 4.69) is 0 Å². The summed E-state index contributed by atoms with van der Waals surface area (Å²) >= 11 is 0. The molecule has 0 aliphatic carbocycles. The highest BCUT2D eigenvalue weighted by Gasteiger charge is 2.61. The molecule has 1 saturated heterocycles. The number of primary amides is 1. The summed E-state index contributed by atoms with van der Waals surface area (Å²) in [6, 6.07) is 6.15. The molecule has 1 aromatic rings. The van der Waals surface area contributed by atoms with E-state index in [0.717, 1.165) is 0 Å². The molecule has 1 amide bonds. The van der Waals surface area contributed by atoms with Crippen LogP contribution in [0.1, 0.15) is 19.8 Å². The molecule has 0 spiro atoms. The van der Waals surface area contributed by atoms with Crippen LogP contribution in [0.4, 0.5) is 5.69 Å². The average molecular weight is 370 g/mol. The van der Waals surface area contributed by atoms with Crippen molar-refractivity contribution in [2.75, 3.05) is 12.3 Å². The molecule has 146 valence electrons. The lowest BCUT2D eigenvalue weighted by atomic mass is 9.74. The molecule has 26 heavy (non-hydrogen) atoms. The van der Waals surface area contributed by atoms with Crippen molar-refractivity contribution in [2.24, 2.45) is 11.7 Å². The molecule has 1 unspecified atom stereocenters. The lowest BCUT2D eigenvalue weighted by Gasteiger charge is -2.50. The van der Waals surface area contributed by atoms with Crippen molar-refractivity contribution in [1.82, 2.24) is 0 Å². The van der Waals surface area contributed by atoms with Crippen LogP contribution < -0.4 is 16.2 Å². The quantitative estimate of drug-likeness (QED) is 0.322. The number of aliphatic hydroxyl groups is 4. The molecule has 1 fully saturated rings. The highest BCUT2D eigenvalue weighted by atomic mass is 16.7. The Balaban J connectivity index is 2.42. The fourth-order valence-electron chi connectivity index (χ4n) is 3.17. The second kappa shape index (κ2) is 8.19.